The zero-order chi connectivity index (χ0) is 14.0. The van der Waals surface area contributed by atoms with E-state index in [9.17, 15) is 9.18 Å². The molecule has 1 aromatic carbocycles. The van der Waals surface area contributed by atoms with Crippen LogP contribution < -0.4 is 5.73 Å². The van der Waals surface area contributed by atoms with E-state index in [4.69, 9.17) is 12.2 Å². The standard InChI is InChI=1S/C14H14FN3O/c1-3-8-18-13(19)17-12(16)14(18,2)9-10-6-4-5-7-11(10)15/h1,4-7H,8-9H2,2H3,(H2,16,17,19). The predicted octanol–water partition coefficient (Wildman–Crippen LogP) is 1.55. The summed E-state index contributed by atoms with van der Waals surface area (Å²) in [6.07, 6.45) is 5.49. The van der Waals surface area contributed by atoms with E-state index in [2.05, 4.69) is 10.9 Å². The number of terminal acetylenes is 1. The molecular formula is C14H14FN3O. The maximum Gasteiger partial charge on any atom is 0.346 e. The first-order valence-electron chi connectivity index (χ1n) is 5.82. The van der Waals surface area contributed by atoms with Crippen molar-refractivity contribution in [1.29, 1.82) is 0 Å². The number of aliphatic imine (C=N–C) groups is 1. The van der Waals surface area contributed by atoms with Gasteiger partial charge in [-0.05, 0) is 18.6 Å². The molecule has 19 heavy (non-hydrogen) atoms. The van der Waals surface area contributed by atoms with Gasteiger partial charge in [0.1, 0.15) is 17.2 Å². The fourth-order valence-electron chi connectivity index (χ4n) is 2.17. The van der Waals surface area contributed by atoms with E-state index in [0.29, 0.717) is 5.56 Å². The van der Waals surface area contributed by atoms with Crippen LogP contribution in [-0.4, -0.2) is 28.9 Å². The van der Waals surface area contributed by atoms with Crippen molar-refractivity contribution < 1.29 is 9.18 Å². The van der Waals surface area contributed by atoms with Gasteiger partial charge < -0.3 is 5.73 Å². The highest BCUT2D eigenvalue weighted by atomic mass is 19.1. The number of rotatable bonds is 3. The lowest BCUT2D eigenvalue weighted by Gasteiger charge is -2.33. The van der Waals surface area contributed by atoms with Crippen LogP contribution in [-0.2, 0) is 6.42 Å². The molecular weight excluding hydrogens is 245 g/mol. The Labute approximate surface area is 111 Å². The summed E-state index contributed by atoms with van der Waals surface area (Å²) in [5.74, 6) is 2.23. The summed E-state index contributed by atoms with van der Waals surface area (Å²) < 4.78 is 13.7. The minimum Gasteiger partial charge on any atom is -0.385 e. The number of carbonyl (C=O) groups is 1. The molecule has 0 aromatic heterocycles. The number of hydrogen-bond donors (Lipinski definition) is 1. The Morgan fingerprint density at radius 3 is 2.84 bits per heavy atom. The Hall–Kier alpha value is -2.35. The van der Waals surface area contributed by atoms with E-state index >= 15 is 0 Å². The van der Waals surface area contributed by atoms with E-state index in [1.807, 2.05) is 0 Å². The molecule has 1 unspecified atom stereocenters. The molecule has 98 valence electrons. The number of nitrogens with zero attached hydrogens (tertiary/aromatic N) is 2. The molecule has 1 aromatic rings. The Morgan fingerprint density at radius 2 is 2.21 bits per heavy atom. The molecule has 0 radical (unpaired) electrons. The lowest BCUT2D eigenvalue weighted by molar-refractivity contribution is 0.188. The van der Waals surface area contributed by atoms with Crippen LogP contribution in [0.3, 0.4) is 0 Å². The Bertz CT molecular complexity index is 591. The molecule has 0 aliphatic carbocycles. The molecule has 2 rings (SSSR count). The van der Waals surface area contributed by atoms with Gasteiger partial charge >= 0.3 is 6.03 Å². The molecule has 5 heteroatoms. The van der Waals surface area contributed by atoms with Crippen molar-refractivity contribution >= 4 is 11.9 Å². The van der Waals surface area contributed by atoms with Gasteiger partial charge in [0, 0.05) is 6.42 Å². The Kier molecular flexibility index (Phi) is 3.26. The summed E-state index contributed by atoms with van der Waals surface area (Å²) >= 11 is 0. The minimum atomic E-state index is -0.883. The molecule has 1 heterocycles. The molecule has 4 nitrogen and oxygen atoms in total. The summed E-state index contributed by atoms with van der Waals surface area (Å²) in [7, 11) is 0. The van der Waals surface area contributed by atoms with Crippen molar-refractivity contribution in [2.45, 2.75) is 18.9 Å². The average molecular weight is 259 g/mol. The monoisotopic (exact) mass is 259 g/mol. The molecule has 0 fully saturated rings. The molecule has 0 saturated heterocycles. The first kappa shape index (κ1) is 13.1. The largest absolute Gasteiger partial charge is 0.385 e. The van der Waals surface area contributed by atoms with Crippen molar-refractivity contribution in [2.75, 3.05) is 6.54 Å². The van der Waals surface area contributed by atoms with E-state index in [-0.39, 0.29) is 24.6 Å². The summed E-state index contributed by atoms with van der Waals surface area (Å²) in [4.78, 5) is 16.8. The number of amides is 2. The average Bonchev–Trinajstić information content (AvgIpc) is 2.57. The quantitative estimate of drug-likeness (QED) is 0.837. The van der Waals surface area contributed by atoms with Crippen LogP contribution in [0.2, 0.25) is 0 Å². The van der Waals surface area contributed by atoms with Gasteiger partial charge in [-0.1, -0.05) is 24.1 Å². The highest BCUT2D eigenvalue weighted by Crippen LogP contribution is 2.27. The van der Waals surface area contributed by atoms with Crippen LogP contribution in [0.5, 0.6) is 0 Å². The number of benzene rings is 1. The second-order valence-electron chi connectivity index (χ2n) is 4.61. The number of halogens is 1. The number of hydrogen-bond acceptors (Lipinski definition) is 2. The van der Waals surface area contributed by atoms with Crippen LogP contribution in [0.15, 0.2) is 29.3 Å². The van der Waals surface area contributed by atoms with Gasteiger partial charge in [0.2, 0.25) is 0 Å². The minimum absolute atomic E-state index is 0.0913. The predicted molar refractivity (Wildman–Crippen MR) is 71.1 cm³/mol. The highest BCUT2D eigenvalue weighted by Gasteiger charge is 2.44. The molecule has 0 saturated carbocycles. The number of nitrogens with two attached hydrogens (primary N) is 1. The molecule has 0 bridgehead atoms. The van der Waals surface area contributed by atoms with Gasteiger partial charge in [0.05, 0.1) is 6.54 Å². The van der Waals surface area contributed by atoms with Gasteiger partial charge in [-0.3, -0.25) is 4.90 Å². The maximum absolute atomic E-state index is 13.7. The Balaban J connectivity index is 2.36. The van der Waals surface area contributed by atoms with Crippen molar-refractivity contribution in [1.82, 2.24) is 4.90 Å². The van der Waals surface area contributed by atoms with E-state index in [1.54, 1.807) is 25.1 Å². The summed E-state index contributed by atoms with van der Waals surface area (Å²) in [5, 5.41) is 0. The van der Waals surface area contributed by atoms with Crippen molar-refractivity contribution in [3.63, 3.8) is 0 Å². The fraction of sp³-hybridized carbons (Fsp3) is 0.286. The van der Waals surface area contributed by atoms with Gasteiger partial charge in [-0.15, -0.1) is 6.42 Å². The third kappa shape index (κ3) is 2.17. The Morgan fingerprint density at radius 1 is 1.53 bits per heavy atom. The van der Waals surface area contributed by atoms with Crippen LogP contribution in [0.4, 0.5) is 9.18 Å². The lowest BCUT2D eigenvalue weighted by Crippen LogP contribution is -2.53. The van der Waals surface area contributed by atoms with Crippen molar-refractivity contribution in [3.8, 4) is 12.3 Å². The zero-order valence-corrected chi connectivity index (χ0v) is 10.6. The molecule has 2 amide bonds. The topological polar surface area (TPSA) is 58.7 Å². The molecule has 0 spiro atoms. The summed E-state index contributed by atoms with van der Waals surface area (Å²) in [6, 6.07) is 5.89. The molecule has 1 aliphatic rings. The van der Waals surface area contributed by atoms with Gasteiger partial charge in [-0.25, -0.2) is 9.18 Å². The second kappa shape index (κ2) is 4.73. The summed E-state index contributed by atoms with van der Waals surface area (Å²) in [6.45, 7) is 1.83. The first-order chi connectivity index (χ1) is 8.99. The SMILES string of the molecule is C#CCN1C(=O)N=C(N)C1(C)Cc1ccccc1F. The van der Waals surface area contributed by atoms with E-state index < -0.39 is 11.6 Å². The highest BCUT2D eigenvalue weighted by molar-refractivity contribution is 6.05. The van der Waals surface area contributed by atoms with Gasteiger partial charge in [0.25, 0.3) is 0 Å². The number of carbonyl (C=O) groups excluding carboxylic acids is 1. The van der Waals surface area contributed by atoms with Crippen LogP contribution in [0.1, 0.15) is 12.5 Å². The van der Waals surface area contributed by atoms with E-state index in [1.165, 1.54) is 11.0 Å². The smallest absolute Gasteiger partial charge is 0.346 e. The van der Waals surface area contributed by atoms with Crippen LogP contribution in [0.25, 0.3) is 0 Å². The molecule has 1 aliphatic heterocycles. The number of amidine groups is 1. The first-order valence-corrected chi connectivity index (χ1v) is 5.82. The van der Waals surface area contributed by atoms with Gasteiger partial charge in [-0.2, -0.15) is 4.99 Å². The van der Waals surface area contributed by atoms with Crippen LogP contribution >= 0.6 is 0 Å². The van der Waals surface area contributed by atoms with Gasteiger partial charge in [0.15, 0.2) is 0 Å². The molecule has 1 atom stereocenters. The molecule has 2 N–H and O–H groups in total. The van der Waals surface area contributed by atoms with Crippen molar-refractivity contribution in [2.24, 2.45) is 10.7 Å². The second-order valence-corrected chi connectivity index (χ2v) is 4.61. The zero-order valence-electron chi connectivity index (χ0n) is 10.6. The normalized spacial score (nSPS) is 22.3. The maximum atomic E-state index is 13.7. The summed E-state index contributed by atoms with van der Waals surface area (Å²) in [5.41, 5.74) is 5.41. The van der Waals surface area contributed by atoms with Crippen LogP contribution in [0, 0.1) is 18.2 Å². The third-order valence-corrected chi connectivity index (χ3v) is 3.34. The third-order valence-electron chi connectivity index (χ3n) is 3.34. The number of urea groups is 1. The van der Waals surface area contributed by atoms with Crippen molar-refractivity contribution in [3.05, 3.63) is 35.6 Å². The lowest BCUT2D eigenvalue weighted by atomic mass is 9.90. The fourth-order valence-corrected chi connectivity index (χ4v) is 2.17. The van der Waals surface area contributed by atoms with E-state index in [0.717, 1.165) is 0 Å².